The van der Waals surface area contributed by atoms with Gasteiger partial charge in [0.05, 0.1) is 6.26 Å². The highest BCUT2D eigenvalue weighted by molar-refractivity contribution is 5.91. The summed E-state index contributed by atoms with van der Waals surface area (Å²) in [6.07, 6.45) is 1.52. The predicted molar refractivity (Wildman–Crippen MR) is 93.3 cm³/mol. The Bertz CT molecular complexity index is 849. The van der Waals surface area contributed by atoms with Crippen LogP contribution in [0.3, 0.4) is 0 Å². The summed E-state index contributed by atoms with van der Waals surface area (Å²) in [4.78, 5) is 16.3. The average molecular weight is 337 g/mol. The zero-order valence-electron chi connectivity index (χ0n) is 14.0. The fourth-order valence-electron chi connectivity index (χ4n) is 3.10. The predicted octanol–water partition coefficient (Wildman–Crippen LogP) is 2.04. The summed E-state index contributed by atoms with van der Waals surface area (Å²) in [6.45, 7) is 2.69. The third kappa shape index (κ3) is 2.88. The maximum absolute atomic E-state index is 12.3. The smallest absolute Gasteiger partial charge is 0.289 e. The van der Waals surface area contributed by atoms with Gasteiger partial charge in [0, 0.05) is 38.8 Å². The van der Waals surface area contributed by atoms with Crippen LogP contribution in [0.1, 0.15) is 10.6 Å². The lowest BCUT2D eigenvalue weighted by atomic mass is 10.2. The molecule has 4 rings (SSSR count). The van der Waals surface area contributed by atoms with Gasteiger partial charge in [-0.3, -0.25) is 9.36 Å². The van der Waals surface area contributed by atoms with Crippen LogP contribution in [0.5, 0.6) is 0 Å². The van der Waals surface area contributed by atoms with E-state index in [1.54, 1.807) is 12.1 Å². The Labute approximate surface area is 145 Å². The van der Waals surface area contributed by atoms with E-state index in [4.69, 9.17) is 4.42 Å². The quantitative estimate of drug-likeness (QED) is 0.732. The van der Waals surface area contributed by atoms with Crippen molar-refractivity contribution in [2.45, 2.75) is 0 Å². The molecule has 0 spiro atoms. The first-order valence-electron chi connectivity index (χ1n) is 8.26. The SMILES string of the molecule is Cn1c(-c2ccccc2)nnc1N1CCN(C(=O)c2ccco2)CC1. The summed E-state index contributed by atoms with van der Waals surface area (Å²) in [5, 5.41) is 8.68. The number of carbonyl (C=O) groups excluding carboxylic acids is 1. The van der Waals surface area contributed by atoms with E-state index in [1.807, 2.05) is 46.8 Å². The fourth-order valence-corrected chi connectivity index (χ4v) is 3.10. The van der Waals surface area contributed by atoms with Gasteiger partial charge in [-0.1, -0.05) is 30.3 Å². The second-order valence-electron chi connectivity index (χ2n) is 6.01. The van der Waals surface area contributed by atoms with Gasteiger partial charge in [-0.2, -0.15) is 0 Å². The molecule has 25 heavy (non-hydrogen) atoms. The Morgan fingerprint density at radius 1 is 1.00 bits per heavy atom. The summed E-state index contributed by atoms with van der Waals surface area (Å²) in [5.74, 6) is 1.99. The van der Waals surface area contributed by atoms with E-state index in [1.165, 1.54) is 6.26 Å². The van der Waals surface area contributed by atoms with Crippen molar-refractivity contribution in [3.05, 3.63) is 54.5 Å². The molecule has 1 aromatic carbocycles. The third-order valence-corrected chi connectivity index (χ3v) is 4.47. The van der Waals surface area contributed by atoms with Gasteiger partial charge in [-0.25, -0.2) is 0 Å². The average Bonchev–Trinajstić information content (AvgIpc) is 3.32. The number of hydrogen-bond donors (Lipinski definition) is 0. The summed E-state index contributed by atoms with van der Waals surface area (Å²) >= 11 is 0. The maximum Gasteiger partial charge on any atom is 0.289 e. The first-order valence-corrected chi connectivity index (χ1v) is 8.26. The number of aromatic nitrogens is 3. The molecule has 0 radical (unpaired) electrons. The highest BCUT2D eigenvalue weighted by Gasteiger charge is 2.26. The van der Waals surface area contributed by atoms with Gasteiger partial charge in [-0.05, 0) is 12.1 Å². The van der Waals surface area contributed by atoms with E-state index in [2.05, 4.69) is 15.1 Å². The van der Waals surface area contributed by atoms with Crippen LogP contribution < -0.4 is 4.90 Å². The minimum atomic E-state index is -0.0624. The second-order valence-corrected chi connectivity index (χ2v) is 6.01. The van der Waals surface area contributed by atoms with Crippen molar-refractivity contribution >= 4 is 11.9 Å². The second kappa shape index (κ2) is 6.43. The minimum Gasteiger partial charge on any atom is -0.459 e. The molecule has 1 saturated heterocycles. The molecular weight excluding hydrogens is 318 g/mol. The molecule has 1 amide bonds. The maximum atomic E-state index is 12.3. The van der Waals surface area contributed by atoms with Crippen molar-refractivity contribution < 1.29 is 9.21 Å². The Kier molecular flexibility index (Phi) is 3.97. The molecule has 3 heterocycles. The van der Waals surface area contributed by atoms with Crippen molar-refractivity contribution in [2.24, 2.45) is 7.05 Å². The molecule has 0 atom stereocenters. The highest BCUT2D eigenvalue weighted by atomic mass is 16.3. The standard InChI is InChI=1S/C18H19N5O2/c1-21-16(14-6-3-2-4-7-14)19-20-18(21)23-11-9-22(10-12-23)17(24)15-8-5-13-25-15/h2-8,13H,9-12H2,1H3. The van der Waals surface area contributed by atoms with Gasteiger partial charge in [0.2, 0.25) is 5.95 Å². The van der Waals surface area contributed by atoms with Crippen LogP contribution in [0, 0.1) is 0 Å². The molecule has 0 bridgehead atoms. The van der Waals surface area contributed by atoms with Crippen molar-refractivity contribution in [3.63, 3.8) is 0 Å². The Hall–Kier alpha value is -3.09. The molecule has 2 aromatic heterocycles. The fraction of sp³-hybridized carbons (Fsp3) is 0.278. The van der Waals surface area contributed by atoms with Crippen LogP contribution in [-0.2, 0) is 7.05 Å². The lowest BCUT2D eigenvalue weighted by molar-refractivity contribution is 0.0714. The van der Waals surface area contributed by atoms with Gasteiger partial charge in [0.1, 0.15) is 0 Å². The summed E-state index contributed by atoms with van der Waals surface area (Å²) < 4.78 is 7.20. The number of furan rings is 1. The molecule has 0 aliphatic carbocycles. The summed E-state index contributed by atoms with van der Waals surface area (Å²) in [5.41, 5.74) is 1.04. The van der Waals surface area contributed by atoms with Crippen LogP contribution in [0.15, 0.2) is 53.1 Å². The molecule has 7 heteroatoms. The number of carbonyl (C=O) groups is 1. The number of anilines is 1. The summed E-state index contributed by atoms with van der Waals surface area (Å²) in [6, 6.07) is 13.4. The van der Waals surface area contributed by atoms with E-state index in [0.717, 1.165) is 17.3 Å². The van der Waals surface area contributed by atoms with E-state index >= 15 is 0 Å². The number of benzene rings is 1. The normalized spacial score (nSPS) is 14.8. The molecule has 7 nitrogen and oxygen atoms in total. The number of piperazine rings is 1. The molecule has 0 N–H and O–H groups in total. The van der Waals surface area contributed by atoms with Crippen molar-refractivity contribution in [1.29, 1.82) is 0 Å². The first-order chi connectivity index (χ1) is 12.2. The number of amides is 1. The first kappa shape index (κ1) is 15.4. The lowest BCUT2D eigenvalue weighted by Crippen LogP contribution is -2.49. The number of hydrogen-bond acceptors (Lipinski definition) is 5. The molecule has 0 saturated carbocycles. The zero-order chi connectivity index (χ0) is 17.2. The highest BCUT2D eigenvalue weighted by Crippen LogP contribution is 2.22. The molecule has 0 unspecified atom stereocenters. The topological polar surface area (TPSA) is 67.4 Å². The van der Waals surface area contributed by atoms with Crippen LogP contribution >= 0.6 is 0 Å². The largest absolute Gasteiger partial charge is 0.459 e. The van der Waals surface area contributed by atoms with Gasteiger partial charge in [0.25, 0.3) is 5.91 Å². The van der Waals surface area contributed by atoms with Crippen LogP contribution in [0.2, 0.25) is 0 Å². The molecule has 1 aliphatic heterocycles. The Morgan fingerprint density at radius 3 is 2.44 bits per heavy atom. The van der Waals surface area contributed by atoms with Crippen LogP contribution in [0.4, 0.5) is 5.95 Å². The Morgan fingerprint density at radius 2 is 1.76 bits per heavy atom. The number of rotatable bonds is 3. The van der Waals surface area contributed by atoms with Gasteiger partial charge < -0.3 is 14.2 Å². The van der Waals surface area contributed by atoms with Gasteiger partial charge in [0.15, 0.2) is 11.6 Å². The third-order valence-electron chi connectivity index (χ3n) is 4.47. The van der Waals surface area contributed by atoms with Crippen molar-refractivity contribution in [2.75, 3.05) is 31.1 Å². The van der Waals surface area contributed by atoms with Crippen molar-refractivity contribution in [3.8, 4) is 11.4 Å². The van der Waals surface area contributed by atoms with E-state index < -0.39 is 0 Å². The molecule has 1 aliphatic rings. The molecule has 128 valence electrons. The van der Waals surface area contributed by atoms with Crippen LogP contribution in [-0.4, -0.2) is 51.8 Å². The lowest BCUT2D eigenvalue weighted by Gasteiger charge is -2.34. The summed E-state index contributed by atoms with van der Waals surface area (Å²) in [7, 11) is 1.97. The van der Waals surface area contributed by atoms with E-state index in [9.17, 15) is 4.79 Å². The molecule has 1 fully saturated rings. The molecular formula is C18H19N5O2. The van der Waals surface area contributed by atoms with E-state index in [0.29, 0.717) is 31.9 Å². The van der Waals surface area contributed by atoms with E-state index in [-0.39, 0.29) is 5.91 Å². The van der Waals surface area contributed by atoms with Crippen molar-refractivity contribution in [1.82, 2.24) is 19.7 Å². The van der Waals surface area contributed by atoms with Gasteiger partial charge >= 0.3 is 0 Å². The Balaban J connectivity index is 1.47. The minimum absolute atomic E-state index is 0.0624. The van der Waals surface area contributed by atoms with Crippen LogP contribution in [0.25, 0.3) is 11.4 Å². The van der Waals surface area contributed by atoms with Gasteiger partial charge in [-0.15, -0.1) is 10.2 Å². The number of nitrogens with zero attached hydrogens (tertiary/aromatic N) is 5. The monoisotopic (exact) mass is 337 g/mol. The zero-order valence-corrected chi connectivity index (χ0v) is 14.0. The molecule has 3 aromatic rings.